The summed E-state index contributed by atoms with van der Waals surface area (Å²) in [7, 11) is 0. The maximum absolute atomic E-state index is 6.16. The molecule has 0 aliphatic heterocycles. The molecule has 1 nitrogen and oxygen atoms in total. The van der Waals surface area contributed by atoms with Gasteiger partial charge in [0, 0.05) is 16.9 Å². The molecule has 1 aromatic carbocycles. The van der Waals surface area contributed by atoms with Gasteiger partial charge in [-0.1, -0.05) is 37.5 Å². The Morgan fingerprint density at radius 1 is 1.19 bits per heavy atom. The highest BCUT2D eigenvalue weighted by Crippen LogP contribution is 2.43. The van der Waals surface area contributed by atoms with Crippen molar-refractivity contribution in [3.05, 3.63) is 29.8 Å². The maximum Gasteiger partial charge on any atom is 0.0352 e. The lowest BCUT2D eigenvalue weighted by molar-refractivity contribution is 0.327. The van der Waals surface area contributed by atoms with Crippen molar-refractivity contribution in [2.45, 2.75) is 37.5 Å². The first-order chi connectivity index (χ1) is 7.78. The summed E-state index contributed by atoms with van der Waals surface area (Å²) in [6.07, 6.45) is 8.92. The predicted octanol–water partition coefficient (Wildman–Crippen LogP) is 3.83. The van der Waals surface area contributed by atoms with Crippen LogP contribution in [0.1, 0.15) is 37.7 Å². The van der Waals surface area contributed by atoms with Crippen LogP contribution in [0.4, 0.5) is 5.69 Å². The molecule has 1 aromatic rings. The average molecular weight is 235 g/mol. The minimum Gasteiger partial charge on any atom is -0.398 e. The lowest BCUT2D eigenvalue weighted by atomic mass is 9.70. The summed E-state index contributed by atoms with van der Waals surface area (Å²) in [6, 6.07) is 8.44. The van der Waals surface area contributed by atoms with Crippen LogP contribution in [-0.4, -0.2) is 12.0 Å². The average Bonchev–Trinajstić information content (AvgIpc) is 2.31. The van der Waals surface area contributed by atoms with E-state index in [0.29, 0.717) is 5.41 Å². The van der Waals surface area contributed by atoms with Crippen LogP contribution in [0.25, 0.3) is 0 Å². The van der Waals surface area contributed by atoms with Gasteiger partial charge >= 0.3 is 0 Å². The molecule has 88 valence electrons. The van der Waals surface area contributed by atoms with E-state index in [-0.39, 0.29) is 0 Å². The normalized spacial score (nSPS) is 19.6. The molecule has 1 saturated carbocycles. The number of hydrogen-bond donors (Lipinski definition) is 1. The zero-order valence-electron chi connectivity index (χ0n) is 10.0. The van der Waals surface area contributed by atoms with Gasteiger partial charge in [-0.3, -0.25) is 0 Å². The summed E-state index contributed by atoms with van der Waals surface area (Å²) in [5.74, 6) is 1.21. The third kappa shape index (κ3) is 2.22. The van der Waals surface area contributed by atoms with E-state index >= 15 is 0 Å². The molecule has 0 unspecified atom stereocenters. The highest BCUT2D eigenvalue weighted by atomic mass is 32.2. The van der Waals surface area contributed by atoms with E-state index < -0.39 is 0 Å². The fraction of sp³-hybridized carbons (Fsp3) is 0.571. The van der Waals surface area contributed by atoms with Gasteiger partial charge in [-0.25, -0.2) is 0 Å². The van der Waals surface area contributed by atoms with Crippen molar-refractivity contribution >= 4 is 17.4 Å². The molecule has 1 fully saturated rings. The third-order valence-electron chi connectivity index (χ3n) is 3.76. The monoisotopic (exact) mass is 235 g/mol. The SMILES string of the molecule is CSCC1(c2ccccc2N)CCCCC1. The van der Waals surface area contributed by atoms with Gasteiger partial charge in [0.15, 0.2) is 0 Å². The van der Waals surface area contributed by atoms with Crippen LogP contribution in [0.3, 0.4) is 0 Å². The number of rotatable bonds is 3. The summed E-state index contributed by atoms with van der Waals surface area (Å²) in [5.41, 5.74) is 8.89. The van der Waals surface area contributed by atoms with Crippen LogP contribution in [0.15, 0.2) is 24.3 Å². The lowest BCUT2D eigenvalue weighted by Gasteiger charge is -2.38. The topological polar surface area (TPSA) is 26.0 Å². The largest absolute Gasteiger partial charge is 0.398 e. The van der Waals surface area contributed by atoms with E-state index in [2.05, 4.69) is 18.4 Å². The first-order valence-electron chi connectivity index (χ1n) is 6.12. The van der Waals surface area contributed by atoms with Crippen molar-refractivity contribution in [1.29, 1.82) is 0 Å². The van der Waals surface area contributed by atoms with Crippen molar-refractivity contribution in [3.63, 3.8) is 0 Å². The Hall–Kier alpha value is -0.630. The molecule has 2 heteroatoms. The van der Waals surface area contributed by atoms with Crippen LogP contribution in [0.2, 0.25) is 0 Å². The molecule has 0 radical (unpaired) electrons. The Morgan fingerprint density at radius 3 is 2.50 bits per heavy atom. The number of nitrogens with two attached hydrogens (primary N) is 1. The molecular weight excluding hydrogens is 214 g/mol. The second kappa shape index (κ2) is 5.13. The quantitative estimate of drug-likeness (QED) is 0.806. The Bertz CT molecular complexity index is 337. The Morgan fingerprint density at radius 2 is 1.88 bits per heavy atom. The van der Waals surface area contributed by atoms with Crippen LogP contribution < -0.4 is 5.73 Å². The van der Waals surface area contributed by atoms with Crippen molar-refractivity contribution < 1.29 is 0 Å². The van der Waals surface area contributed by atoms with Crippen molar-refractivity contribution in [3.8, 4) is 0 Å². The van der Waals surface area contributed by atoms with E-state index in [1.54, 1.807) is 0 Å². The van der Waals surface area contributed by atoms with E-state index in [4.69, 9.17) is 5.73 Å². The lowest BCUT2D eigenvalue weighted by Crippen LogP contribution is -2.32. The van der Waals surface area contributed by atoms with E-state index in [1.807, 2.05) is 23.9 Å². The molecule has 0 spiro atoms. The fourth-order valence-electron chi connectivity index (χ4n) is 2.98. The van der Waals surface area contributed by atoms with Gasteiger partial charge in [0.1, 0.15) is 0 Å². The van der Waals surface area contributed by atoms with Gasteiger partial charge in [0.2, 0.25) is 0 Å². The van der Waals surface area contributed by atoms with E-state index in [0.717, 1.165) is 5.69 Å². The molecule has 1 aliphatic carbocycles. The molecule has 2 rings (SSSR count). The summed E-state index contributed by atoms with van der Waals surface area (Å²) < 4.78 is 0. The third-order valence-corrected chi connectivity index (χ3v) is 4.60. The second-order valence-corrected chi connectivity index (χ2v) is 5.73. The van der Waals surface area contributed by atoms with Gasteiger partial charge in [0.25, 0.3) is 0 Å². The standard InChI is InChI=1S/C14H21NS/c1-16-11-14(9-5-2-6-10-14)12-7-3-4-8-13(12)15/h3-4,7-8H,2,5-6,9-11,15H2,1H3. The number of hydrogen-bond acceptors (Lipinski definition) is 2. The molecular formula is C14H21NS. The molecule has 0 aromatic heterocycles. The zero-order valence-corrected chi connectivity index (χ0v) is 10.9. The fourth-order valence-corrected chi connectivity index (χ4v) is 3.97. The van der Waals surface area contributed by atoms with Crippen molar-refractivity contribution in [1.82, 2.24) is 0 Å². The molecule has 1 aliphatic rings. The number of anilines is 1. The molecule has 16 heavy (non-hydrogen) atoms. The van der Waals surface area contributed by atoms with Crippen LogP contribution in [-0.2, 0) is 5.41 Å². The smallest absolute Gasteiger partial charge is 0.0352 e. The number of thioether (sulfide) groups is 1. The van der Waals surface area contributed by atoms with Gasteiger partial charge in [-0.05, 0) is 30.7 Å². The van der Waals surface area contributed by atoms with Gasteiger partial charge in [0.05, 0.1) is 0 Å². The van der Waals surface area contributed by atoms with Gasteiger partial charge in [-0.15, -0.1) is 0 Å². The Balaban J connectivity index is 2.34. The first kappa shape index (κ1) is 11.8. The summed E-state index contributed by atoms with van der Waals surface area (Å²) in [4.78, 5) is 0. The summed E-state index contributed by atoms with van der Waals surface area (Å²) in [6.45, 7) is 0. The zero-order chi connectivity index (χ0) is 11.4. The van der Waals surface area contributed by atoms with E-state index in [1.165, 1.54) is 43.4 Å². The van der Waals surface area contributed by atoms with Crippen LogP contribution >= 0.6 is 11.8 Å². The summed E-state index contributed by atoms with van der Waals surface area (Å²) in [5, 5.41) is 0. The van der Waals surface area contributed by atoms with Crippen LogP contribution in [0, 0.1) is 0 Å². The van der Waals surface area contributed by atoms with Gasteiger partial charge < -0.3 is 5.73 Å². The first-order valence-corrected chi connectivity index (χ1v) is 7.52. The van der Waals surface area contributed by atoms with E-state index in [9.17, 15) is 0 Å². The molecule has 0 amide bonds. The number of para-hydroxylation sites is 1. The highest BCUT2D eigenvalue weighted by molar-refractivity contribution is 7.98. The highest BCUT2D eigenvalue weighted by Gasteiger charge is 2.34. The molecule has 2 N–H and O–H groups in total. The van der Waals surface area contributed by atoms with Crippen LogP contribution in [0.5, 0.6) is 0 Å². The van der Waals surface area contributed by atoms with Gasteiger partial charge in [-0.2, -0.15) is 11.8 Å². The van der Waals surface area contributed by atoms with Crippen molar-refractivity contribution in [2.24, 2.45) is 0 Å². The molecule has 0 heterocycles. The van der Waals surface area contributed by atoms with Crippen molar-refractivity contribution in [2.75, 3.05) is 17.7 Å². The summed E-state index contributed by atoms with van der Waals surface area (Å²) >= 11 is 1.95. The minimum atomic E-state index is 0.350. The minimum absolute atomic E-state index is 0.350. The Kier molecular flexibility index (Phi) is 3.80. The predicted molar refractivity (Wildman–Crippen MR) is 74.0 cm³/mol. The Labute approximate surface area is 103 Å². The second-order valence-electron chi connectivity index (χ2n) is 4.86. The molecule has 0 atom stereocenters. The number of nitrogen functional groups attached to an aromatic ring is 1. The maximum atomic E-state index is 6.16. The number of benzene rings is 1. The molecule has 0 bridgehead atoms. The molecule has 0 saturated heterocycles.